The van der Waals surface area contributed by atoms with Gasteiger partial charge in [-0.05, 0) is 13.3 Å². The molecule has 2 aromatic heterocycles. The number of aromatic nitrogens is 4. The highest BCUT2D eigenvalue weighted by molar-refractivity contribution is 5.78. The van der Waals surface area contributed by atoms with Crippen molar-refractivity contribution in [3.8, 4) is 0 Å². The van der Waals surface area contributed by atoms with E-state index in [2.05, 4.69) is 10.1 Å². The zero-order valence-corrected chi connectivity index (χ0v) is 11.0. The van der Waals surface area contributed by atoms with E-state index in [1.165, 1.54) is 16.2 Å². The lowest BCUT2D eigenvalue weighted by Crippen LogP contribution is -2.19. The van der Waals surface area contributed by atoms with Crippen LogP contribution in [0, 0.1) is 0 Å². The number of nitrogens with two attached hydrogens (primary N) is 1. The van der Waals surface area contributed by atoms with Crippen LogP contribution >= 0.6 is 0 Å². The molecule has 0 aromatic carbocycles. The van der Waals surface area contributed by atoms with Crippen molar-refractivity contribution in [3.63, 3.8) is 0 Å². The van der Waals surface area contributed by atoms with E-state index in [-0.39, 0.29) is 5.95 Å². The summed E-state index contributed by atoms with van der Waals surface area (Å²) < 4.78 is 40.4. The fourth-order valence-corrected chi connectivity index (χ4v) is 2.32. The fraction of sp³-hybridized carbons (Fsp3) is 0.636. The molecule has 1 unspecified atom stereocenters. The molecule has 19 heavy (non-hydrogen) atoms. The first-order chi connectivity index (χ1) is 8.74. The predicted octanol–water partition coefficient (Wildman–Crippen LogP) is 2.43. The zero-order chi connectivity index (χ0) is 14.4. The minimum Gasteiger partial charge on any atom is -0.369 e. The van der Waals surface area contributed by atoms with Gasteiger partial charge in [0.25, 0.3) is 0 Å². The number of anilines is 1. The maximum Gasteiger partial charge on any atom is 0.391 e. The van der Waals surface area contributed by atoms with Crippen LogP contribution in [0.4, 0.5) is 19.1 Å². The Morgan fingerprint density at radius 3 is 2.53 bits per heavy atom. The van der Waals surface area contributed by atoms with Crippen LogP contribution < -0.4 is 5.73 Å². The number of nitrogen functional groups attached to an aromatic ring is 1. The predicted molar refractivity (Wildman–Crippen MR) is 65.7 cm³/mol. The van der Waals surface area contributed by atoms with Gasteiger partial charge in [0.15, 0.2) is 5.65 Å². The van der Waals surface area contributed by atoms with Crippen LogP contribution in [0.1, 0.15) is 32.0 Å². The van der Waals surface area contributed by atoms with Gasteiger partial charge in [0.2, 0.25) is 5.95 Å². The quantitative estimate of drug-likeness (QED) is 0.935. The van der Waals surface area contributed by atoms with Crippen LogP contribution in [0.5, 0.6) is 0 Å². The van der Waals surface area contributed by atoms with Gasteiger partial charge >= 0.3 is 6.18 Å². The Hall–Kier alpha value is -1.73. The molecule has 0 aliphatic rings. The van der Waals surface area contributed by atoms with Crippen molar-refractivity contribution in [1.29, 1.82) is 0 Å². The summed E-state index contributed by atoms with van der Waals surface area (Å²) in [4.78, 5) is 4.15. The molecule has 2 aromatic rings. The molecule has 0 amide bonds. The standard InChI is InChI=1S/C11H16F3N5/c1-4-7-8-9(18(3)17-7)19(10(15)16-8)6(2)5-11(12,13)14/h6H,4-5H2,1-3H3,(H2,15,16). The molecule has 2 heterocycles. The Balaban J connectivity index is 2.54. The molecular formula is C11H16F3N5. The topological polar surface area (TPSA) is 61.7 Å². The molecule has 8 heteroatoms. The van der Waals surface area contributed by atoms with Gasteiger partial charge in [-0.2, -0.15) is 18.3 Å². The minimum atomic E-state index is -4.24. The van der Waals surface area contributed by atoms with Crippen molar-refractivity contribution in [2.24, 2.45) is 7.05 Å². The van der Waals surface area contributed by atoms with E-state index in [1.807, 2.05) is 6.92 Å². The van der Waals surface area contributed by atoms with Gasteiger partial charge in [-0.1, -0.05) is 6.92 Å². The highest BCUT2D eigenvalue weighted by Crippen LogP contribution is 2.32. The third kappa shape index (κ3) is 2.39. The molecule has 0 aliphatic heterocycles. The van der Waals surface area contributed by atoms with Gasteiger partial charge in [0, 0.05) is 13.1 Å². The number of halogens is 3. The maximum absolute atomic E-state index is 12.5. The number of nitrogens with zero attached hydrogens (tertiary/aromatic N) is 4. The summed E-state index contributed by atoms with van der Waals surface area (Å²) in [6.45, 7) is 3.39. The van der Waals surface area contributed by atoms with Crippen LogP contribution in [0.25, 0.3) is 11.2 Å². The summed E-state index contributed by atoms with van der Waals surface area (Å²) in [6, 6.07) is -0.815. The van der Waals surface area contributed by atoms with E-state index in [9.17, 15) is 13.2 Å². The lowest BCUT2D eigenvalue weighted by Gasteiger charge is -2.17. The summed E-state index contributed by atoms with van der Waals surface area (Å²) in [5, 5.41) is 4.25. The van der Waals surface area contributed by atoms with Crippen molar-refractivity contribution < 1.29 is 13.2 Å². The summed E-state index contributed by atoms with van der Waals surface area (Å²) in [6.07, 6.45) is -4.54. The van der Waals surface area contributed by atoms with E-state index >= 15 is 0 Å². The lowest BCUT2D eigenvalue weighted by molar-refractivity contribution is -0.141. The fourth-order valence-electron chi connectivity index (χ4n) is 2.32. The number of hydrogen-bond donors (Lipinski definition) is 1. The second kappa shape index (κ2) is 4.43. The molecule has 0 fully saturated rings. The van der Waals surface area contributed by atoms with Gasteiger partial charge in [-0.15, -0.1) is 0 Å². The van der Waals surface area contributed by atoms with E-state index < -0.39 is 18.6 Å². The number of fused-ring (bicyclic) bond motifs is 1. The van der Waals surface area contributed by atoms with Crippen LogP contribution in [-0.2, 0) is 13.5 Å². The van der Waals surface area contributed by atoms with Gasteiger partial charge in [-0.3, -0.25) is 9.25 Å². The summed E-state index contributed by atoms with van der Waals surface area (Å²) >= 11 is 0. The molecule has 0 bridgehead atoms. The van der Waals surface area contributed by atoms with Gasteiger partial charge in [0.1, 0.15) is 5.52 Å². The van der Waals surface area contributed by atoms with E-state index in [1.54, 1.807) is 7.05 Å². The van der Waals surface area contributed by atoms with Crippen molar-refractivity contribution in [2.75, 3.05) is 5.73 Å². The molecule has 1 atom stereocenters. The van der Waals surface area contributed by atoms with Crippen LogP contribution in [-0.4, -0.2) is 25.5 Å². The average Bonchev–Trinajstić information content (AvgIpc) is 2.73. The van der Waals surface area contributed by atoms with Crippen LogP contribution in [0.15, 0.2) is 0 Å². The van der Waals surface area contributed by atoms with Gasteiger partial charge in [-0.25, -0.2) is 4.98 Å². The Bertz CT molecular complexity index is 595. The maximum atomic E-state index is 12.5. The first-order valence-electron chi connectivity index (χ1n) is 6.00. The van der Waals surface area contributed by atoms with Crippen molar-refractivity contribution in [1.82, 2.24) is 19.3 Å². The molecule has 0 aliphatic carbocycles. The highest BCUT2D eigenvalue weighted by atomic mass is 19.4. The summed E-state index contributed by atoms with van der Waals surface area (Å²) in [7, 11) is 1.68. The normalized spacial score (nSPS) is 14.2. The number of hydrogen-bond acceptors (Lipinski definition) is 3. The van der Waals surface area contributed by atoms with Crippen molar-refractivity contribution >= 4 is 17.1 Å². The van der Waals surface area contributed by atoms with Gasteiger partial charge < -0.3 is 5.73 Å². The Kier molecular flexibility index (Phi) is 3.19. The Labute approximate surface area is 108 Å². The number of rotatable bonds is 3. The molecule has 2 rings (SSSR count). The lowest BCUT2D eigenvalue weighted by atomic mass is 10.2. The van der Waals surface area contributed by atoms with Crippen molar-refractivity contribution in [3.05, 3.63) is 5.69 Å². The number of imidazole rings is 1. The number of aryl methyl sites for hydroxylation is 2. The third-order valence-electron chi connectivity index (χ3n) is 3.07. The largest absolute Gasteiger partial charge is 0.391 e. The molecule has 0 radical (unpaired) electrons. The second-order valence-corrected chi connectivity index (χ2v) is 4.60. The average molecular weight is 275 g/mol. The number of alkyl halides is 3. The molecule has 0 saturated carbocycles. The smallest absolute Gasteiger partial charge is 0.369 e. The Morgan fingerprint density at radius 2 is 2.00 bits per heavy atom. The van der Waals surface area contributed by atoms with E-state index in [0.717, 1.165) is 5.69 Å². The molecular weight excluding hydrogens is 259 g/mol. The molecule has 5 nitrogen and oxygen atoms in total. The van der Waals surface area contributed by atoms with Crippen LogP contribution in [0.2, 0.25) is 0 Å². The van der Waals surface area contributed by atoms with E-state index in [4.69, 9.17) is 5.73 Å². The van der Waals surface area contributed by atoms with Gasteiger partial charge in [0.05, 0.1) is 12.1 Å². The highest BCUT2D eigenvalue weighted by Gasteiger charge is 2.32. The summed E-state index contributed by atoms with van der Waals surface area (Å²) in [5.41, 5.74) is 7.61. The second-order valence-electron chi connectivity index (χ2n) is 4.60. The third-order valence-corrected chi connectivity index (χ3v) is 3.07. The Morgan fingerprint density at radius 1 is 1.37 bits per heavy atom. The minimum absolute atomic E-state index is 0.0921. The van der Waals surface area contributed by atoms with Crippen LogP contribution in [0.3, 0.4) is 0 Å². The summed E-state index contributed by atoms with van der Waals surface area (Å²) in [5.74, 6) is 0.0921. The molecule has 0 spiro atoms. The molecule has 2 N–H and O–H groups in total. The SMILES string of the molecule is CCc1nn(C)c2c1nc(N)n2C(C)CC(F)(F)F. The van der Waals surface area contributed by atoms with E-state index in [0.29, 0.717) is 17.6 Å². The van der Waals surface area contributed by atoms with Crippen molar-refractivity contribution in [2.45, 2.75) is 38.9 Å². The molecule has 106 valence electrons. The first kappa shape index (κ1) is 13.7. The molecule has 0 saturated heterocycles. The monoisotopic (exact) mass is 275 g/mol. The first-order valence-corrected chi connectivity index (χ1v) is 6.00. The zero-order valence-electron chi connectivity index (χ0n) is 11.0.